The lowest BCUT2D eigenvalue weighted by molar-refractivity contribution is -0.119. The molecule has 0 radical (unpaired) electrons. The van der Waals surface area contributed by atoms with Crippen LogP contribution in [0.1, 0.15) is 29.9 Å². The molecule has 0 spiro atoms. The van der Waals surface area contributed by atoms with Crippen LogP contribution in [-0.4, -0.2) is 62.7 Å². The number of aromatic hydroxyl groups is 1. The van der Waals surface area contributed by atoms with Gasteiger partial charge in [-0.05, 0) is 18.6 Å². The summed E-state index contributed by atoms with van der Waals surface area (Å²) in [6, 6.07) is 14.6. The Morgan fingerprint density at radius 2 is 1.33 bits per heavy atom. The Kier molecular flexibility index (Phi) is 10.8. The van der Waals surface area contributed by atoms with Crippen LogP contribution < -0.4 is 25.4 Å². The first-order valence-corrected chi connectivity index (χ1v) is 16.3. The topological polar surface area (TPSA) is 156 Å². The molecule has 0 bridgehead atoms. The van der Waals surface area contributed by atoms with Crippen LogP contribution >= 0.6 is 23.2 Å². The third kappa shape index (κ3) is 7.73. The van der Waals surface area contributed by atoms with Gasteiger partial charge in [0.05, 0.1) is 53.7 Å². The van der Waals surface area contributed by atoms with Crippen molar-refractivity contribution in [3.8, 4) is 51.2 Å². The maximum atomic E-state index is 11.5. The minimum atomic E-state index is 0.0774. The zero-order valence-electron chi connectivity index (χ0n) is 26.8. The molecule has 49 heavy (non-hydrogen) atoms. The number of carbonyl (C=O) groups is 1. The van der Waals surface area contributed by atoms with E-state index in [9.17, 15) is 9.90 Å². The molecule has 0 unspecified atom stereocenters. The van der Waals surface area contributed by atoms with Crippen LogP contribution in [-0.2, 0) is 24.4 Å². The molecule has 4 N–H and O–H groups in total. The molecule has 4 heterocycles. The van der Waals surface area contributed by atoms with Gasteiger partial charge in [0.2, 0.25) is 17.7 Å². The van der Waals surface area contributed by atoms with Crippen LogP contribution in [0.3, 0.4) is 0 Å². The maximum absolute atomic E-state index is 11.5. The summed E-state index contributed by atoms with van der Waals surface area (Å²) < 4.78 is 11.1. The van der Waals surface area contributed by atoms with Crippen molar-refractivity contribution < 1.29 is 19.4 Å². The molecule has 12 nitrogen and oxygen atoms in total. The number of rotatable bonds is 13. The first-order chi connectivity index (χ1) is 23.9. The number of carbonyl (C=O) groups excluding carboxylic acids is 1. The van der Waals surface area contributed by atoms with Gasteiger partial charge in [-0.3, -0.25) is 19.7 Å². The summed E-state index contributed by atoms with van der Waals surface area (Å²) in [5, 5.41) is 20.4. The summed E-state index contributed by atoms with van der Waals surface area (Å²) in [7, 11) is 3.08. The van der Waals surface area contributed by atoms with E-state index in [1.165, 1.54) is 7.11 Å². The Balaban J connectivity index is 1.21. The number of aromatic nitrogens is 5. The molecule has 0 aliphatic carbocycles. The van der Waals surface area contributed by atoms with Crippen molar-refractivity contribution in [3.05, 3.63) is 94.2 Å². The Morgan fingerprint density at radius 3 is 1.86 bits per heavy atom. The first kappa shape index (κ1) is 34.0. The molecule has 14 heteroatoms. The number of ether oxygens (including phenoxy) is 2. The van der Waals surface area contributed by atoms with Gasteiger partial charge in [0, 0.05) is 67.1 Å². The van der Waals surface area contributed by atoms with E-state index in [1.807, 2.05) is 36.4 Å². The van der Waals surface area contributed by atoms with Gasteiger partial charge in [-0.25, -0.2) is 9.97 Å². The van der Waals surface area contributed by atoms with Gasteiger partial charge in [-0.1, -0.05) is 59.6 Å². The molecule has 1 aliphatic heterocycles. The number of methoxy groups -OCH3 is 2. The highest BCUT2D eigenvalue weighted by Gasteiger charge is 2.21. The average Bonchev–Trinajstić information content (AvgIpc) is 3.54. The molecule has 1 fully saturated rings. The fraction of sp³-hybridized carbons (Fsp3) is 0.257. The highest BCUT2D eigenvalue weighted by Crippen LogP contribution is 2.42. The van der Waals surface area contributed by atoms with E-state index < -0.39 is 0 Å². The molecule has 1 atom stereocenters. The molecule has 5 aromatic rings. The van der Waals surface area contributed by atoms with Crippen LogP contribution in [0.15, 0.2) is 67.1 Å². The van der Waals surface area contributed by atoms with Gasteiger partial charge in [0.25, 0.3) is 0 Å². The number of benzene rings is 2. The van der Waals surface area contributed by atoms with Gasteiger partial charge < -0.3 is 30.5 Å². The standard InChI is InChI=1S/C35H34Cl2N8O4/c1-48-34-28(16-38-14-20-11-12-31(47)43-20)41-18-25(44-34)23-8-3-6-21(32(23)36)22-7-4-9-24(33(22)37)26-19-42-29(35(45-26)49-2)17-39-15-27-30(46)10-5-13-40-27/h3-10,13,18-20,38-39,46H,11-12,14-17H2,1-2H3,(H,43,47)/t20-/m0/s1. The summed E-state index contributed by atoms with van der Waals surface area (Å²) in [5.41, 5.74) is 5.55. The molecule has 1 aliphatic rings. The second-order valence-corrected chi connectivity index (χ2v) is 12.0. The largest absolute Gasteiger partial charge is 0.506 e. The smallest absolute Gasteiger partial charge is 0.237 e. The fourth-order valence-electron chi connectivity index (χ4n) is 5.56. The van der Waals surface area contributed by atoms with Crippen LogP contribution in [0.2, 0.25) is 10.0 Å². The first-order valence-electron chi connectivity index (χ1n) is 15.6. The zero-order valence-corrected chi connectivity index (χ0v) is 28.3. The normalized spacial score (nSPS) is 14.1. The molecular weight excluding hydrogens is 667 g/mol. The zero-order chi connectivity index (χ0) is 34.3. The predicted molar refractivity (Wildman–Crippen MR) is 186 cm³/mol. The lowest BCUT2D eigenvalue weighted by atomic mass is 9.98. The lowest BCUT2D eigenvalue weighted by Gasteiger charge is -2.15. The quantitative estimate of drug-likeness (QED) is 0.126. The van der Waals surface area contributed by atoms with Crippen molar-refractivity contribution in [1.82, 2.24) is 40.9 Å². The fourth-order valence-corrected chi connectivity index (χ4v) is 6.21. The van der Waals surface area contributed by atoms with Crippen molar-refractivity contribution in [1.29, 1.82) is 0 Å². The number of hydrogen-bond donors (Lipinski definition) is 4. The monoisotopic (exact) mass is 700 g/mol. The summed E-state index contributed by atoms with van der Waals surface area (Å²) in [6.45, 7) is 1.74. The molecule has 0 saturated carbocycles. The van der Waals surface area contributed by atoms with Gasteiger partial charge in [-0.15, -0.1) is 0 Å². The second-order valence-electron chi connectivity index (χ2n) is 11.3. The van der Waals surface area contributed by atoms with E-state index in [0.29, 0.717) is 105 Å². The van der Waals surface area contributed by atoms with Crippen LogP contribution in [0.25, 0.3) is 33.6 Å². The van der Waals surface area contributed by atoms with Crippen LogP contribution in [0.4, 0.5) is 0 Å². The number of nitrogens with zero attached hydrogens (tertiary/aromatic N) is 5. The van der Waals surface area contributed by atoms with E-state index in [0.717, 1.165) is 6.42 Å². The van der Waals surface area contributed by atoms with Gasteiger partial charge in [0.15, 0.2) is 0 Å². The Hall–Kier alpha value is -4.88. The Morgan fingerprint density at radius 1 is 0.776 bits per heavy atom. The van der Waals surface area contributed by atoms with Gasteiger partial charge in [-0.2, -0.15) is 0 Å². The van der Waals surface area contributed by atoms with E-state index in [4.69, 9.17) is 42.6 Å². The number of amides is 1. The highest BCUT2D eigenvalue weighted by molar-refractivity contribution is 6.39. The van der Waals surface area contributed by atoms with Crippen molar-refractivity contribution in [2.24, 2.45) is 0 Å². The average molecular weight is 702 g/mol. The summed E-state index contributed by atoms with van der Waals surface area (Å²) >= 11 is 14.1. The van der Waals surface area contributed by atoms with Crippen molar-refractivity contribution in [3.63, 3.8) is 0 Å². The summed E-state index contributed by atoms with van der Waals surface area (Å²) in [4.78, 5) is 34.3. The molecular formula is C35H34Cl2N8O4. The summed E-state index contributed by atoms with van der Waals surface area (Å²) in [6.07, 6.45) is 6.29. The molecule has 6 rings (SSSR count). The highest BCUT2D eigenvalue weighted by atomic mass is 35.5. The number of pyridine rings is 1. The van der Waals surface area contributed by atoms with Crippen molar-refractivity contribution in [2.75, 3.05) is 20.8 Å². The van der Waals surface area contributed by atoms with E-state index >= 15 is 0 Å². The van der Waals surface area contributed by atoms with Gasteiger partial charge >= 0.3 is 0 Å². The minimum Gasteiger partial charge on any atom is -0.506 e. The Labute approximate surface area is 293 Å². The predicted octanol–water partition coefficient (Wildman–Crippen LogP) is 5.35. The maximum Gasteiger partial charge on any atom is 0.237 e. The van der Waals surface area contributed by atoms with E-state index in [-0.39, 0.29) is 17.7 Å². The molecule has 252 valence electrons. The van der Waals surface area contributed by atoms with E-state index in [2.05, 4.69) is 30.9 Å². The van der Waals surface area contributed by atoms with Gasteiger partial charge in [0.1, 0.15) is 17.1 Å². The number of halogens is 2. The lowest BCUT2D eigenvalue weighted by Crippen LogP contribution is -2.35. The minimum absolute atomic E-state index is 0.0774. The second kappa shape index (κ2) is 15.6. The molecule has 1 amide bonds. The van der Waals surface area contributed by atoms with Crippen LogP contribution in [0, 0.1) is 0 Å². The molecule has 3 aromatic heterocycles. The van der Waals surface area contributed by atoms with Crippen molar-refractivity contribution in [2.45, 2.75) is 38.5 Å². The molecule has 1 saturated heterocycles. The van der Waals surface area contributed by atoms with E-state index in [1.54, 1.807) is 37.8 Å². The number of nitrogens with one attached hydrogen (secondary N) is 3. The van der Waals surface area contributed by atoms with Crippen molar-refractivity contribution >= 4 is 29.1 Å². The third-order valence-corrected chi connectivity index (χ3v) is 8.88. The summed E-state index contributed by atoms with van der Waals surface area (Å²) in [5.74, 6) is 0.913. The molecule has 2 aromatic carbocycles. The number of hydrogen-bond acceptors (Lipinski definition) is 11. The SMILES string of the molecule is COc1nc(-c2cccc(-c3cccc(-c4cnc(CNC[C@@H]5CCC(=O)N5)c(OC)n4)c3Cl)c2Cl)cnc1CNCc1ncccc1O. The Bertz CT molecular complexity index is 1980. The third-order valence-electron chi connectivity index (χ3n) is 8.07. The van der Waals surface area contributed by atoms with Crippen LogP contribution in [0.5, 0.6) is 17.5 Å².